The van der Waals surface area contributed by atoms with Crippen LogP contribution in [0.15, 0.2) is 36.4 Å². The number of anilines is 1. The number of nitrogen functional groups attached to an aromatic ring is 1. The number of carbonyl (C=O) groups excluding carboxylic acids is 1. The number of aromatic nitrogens is 1. The van der Waals surface area contributed by atoms with Gasteiger partial charge in [0, 0.05) is 22.6 Å². The van der Waals surface area contributed by atoms with Gasteiger partial charge in [0.05, 0.1) is 5.69 Å². The van der Waals surface area contributed by atoms with E-state index in [4.69, 9.17) is 17.3 Å². The average molecular weight is 346 g/mol. The molecular weight excluding hydrogens is 330 g/mol. The van der Waals surface area contributed by atoms with Gasteiger partial charge < -0.3 is 11.1 Å². The maximum atomic E-state index is 12.3. The third kappa shape index (κ3) is 3.46. The summed E-state index contributed by atoms with van der Waals surface area (Å²) >= 11 is 7.28. The monoisotopic (exact) mass is 345 g/mol. The van der Waals surface area contributed by atoms with E-state index in [0.717, 1.165) is 21.5 Å². The maximum absolute atomic E-state index is 12.3. The van der Waals surface area contributed by atoms with Crippen molar-refractivity contribution in [1.82, 2.24) is 10.3 Å². The predicted molar refractivity (Wildman–Crippen MR) is 96.3 cm³/mol. The second kappa shape index (κ2) is 6.56. The number of nitrogens with one attached hydrogen (secondary N) is 1. The summed E-state index contributed by atoms with van der Waals surface area (Å²) in [6.45, 7) is 2.44. The predicted octanol–water partition coefficient (Wildman–Crippen LogP) is 3.81. The summed E-state index contributed by atoms with van der Waals surface area (Å²) < 4.78 is 0. The highest BCUT2D eigenvalue weighted by Crippen LogP contribution is 2.32. The quantitative estimate of drug-likeness (QED) is 0.755. The first kappa shape index (κ1) is 15.8. The highest BCUT2D eigenvalue weighted by Gasteiger charge is 2.16. The van der Waals surface area contributed by atoms with E-state index in [0.29, 0.717) is 28.6 Å². The van der Waals surface area contributed by atoms with Crippen LogP contribution >= 0.6 is 22.9 Å². The number of thiophene rings is 1. The molecule has 2 aromatic heterocycles. The molecule has 0 atom stereocenters. The molecule has 0 radical (unpaired) electrons. The fourth-order valence-corrected chi connectivity index (χ4v) is 3.62. The molecular formula is C17H16ClN3OS. The molecule has 3 N–H and O–H groups in total. The summed E-state index contributed by atoms with van der Waals surface area (Å²) in [6.07, 6.45) is 0.717. The topological polar surface area (TPSA) is 68.0 Å². The third-order valence-corrected chi connectivity index (χ3v) is 4.88. The van der Waals surface area contributed by atoms with Crippen molar-refractivity contribution in [3.8, 4) is 0 Å². The number of hydrogen-bond acceptors (Lipinski definition) is 4. The Morgan fingerprint density at radius 1 is 1.35 bits per heavy atom. The van der Waals surface area contributed by atoms with Crippen LogP contribution in [0.1, 0.15) is 20.9 Å². The SMILES string of the molecule is Cc1ccc2c(N)c(C(=O)NCCc3cccc(Cl)c3)sc2n1. The number of hydrogen-bond donors (Lipinski definition) is 2. The molecule has 0 bridgehead atoms. The van der Waals surface area contributed by atoms with Crippen LogP contribution in [0, 0.1) is 6.92 Å². The molecule has 0 aliphatic heterocycles. The van der Waals surface area contributed by atoms with E-state index in [1.54, 1.807) is 0 Å². The van der Waals surface area contributed by atoms with Crippen molar-refractivity contribution in [2.45, 2.75) is 13.3 Å². The number of pyridine rings is 1. The zero-order valence-electron chi connectivity index (χ0n) is 12.6. The molecule has 0 fully saturated rings. The van der Waals surface area contributed by atoms with Crippen LogP contribution in [0.5, 0.6) is 0 Å². The Morgan fingerprint density at radius 2 is 2.17 bits per heavy atom. The van der Waals surface area contributed by atoms with Gasteiger partial charge in [0.25, 0.3) is 5.91 Å². The first-order valence-electron chi connectivity index (χ1n) is 7.23. The van der Waals surface area contributed by atoms with Crippen LogP contribution in [0.4, 0.5) is 5.69 Å². The molecule has 3 rings (SSSR count). The molecule has 3 aromatic rings. The number of carbonyl (C=O) groups is 1. The minimum Gasteiger partial charge on any atom is -0.397 e. The van der Waals surface area contributed by atoms with Gasteiger partial charge in [0.2, 0.25) is 0 Å². The number of amides is 1. The third-order valence-electron chi connectivity index (χ3n) is 3.53. The first-order chi connectivity index (χ1) is 11.0. The largest absolute Gasteiger partial charge is 0.397 e. The van der Waals surface area contributed by atoms with Gasteiger partial charge in [-0.3, -0.25) is 4.79 Å². The second-order valence-electron chi connectivity index (χ2n) is 5.29. The van der Waals surface area contributed by atoms with Crippen molar-refractivity contribution in [2.24, 2.45) is 0 Å². The molecule has 2 heterocycles. The smallest absolute Gasteiger partial charge is 0.263 e. The van der Waals surface area contributed by atoms with Gasteiger partial charge in [0.1, 0.15) is 9.71 Å². The molecule has 0 saturated carbocycles. The van der Waals surface area contributed by atoms with Gasteiger partial charge >= 0.3 is 0 Å². The minimum atomic E-state index is -0.162. The lowest BCUT2D eigenvalue weighted by molar-refractivity contribution is 0.0959. The summed E-state index contributed by atoms with van der Waals surface area (Å²) in [6, 6.07) is 11.4. The number of aryl methyl sites for hydroxylation is 1. The number of rotatable bonds is 4. The van der Waals surface area contributed by atoms with Gasteiger partial charge in [-0.2, -0.15) is 0 Å². The zero-order chi connectivity index (χ0) is 16.4. The van der Waals surface area contributed by atoms with Gasteiger partial charge in [0.15, 0.2) is 0 Å². The van der Waals surface area contributed by atoms with Crippen LogP contribution < -0.4 is 11.1 Å². The Labute approximate surface area is 143 Å². The normalized spacial score (nSPS) is 10.9. The molecule has 0 unspecified atom stereocenters. The van der Waals surface area contributed by atoms with Crippen LogP contribution in [0.25, 0.3) is 10.2 Å². The number of fused-ring (bicyclic) bond motifs is 1. The highest BCUT2D eigenvalue weighted by molar-refractivity contribution is 7.21. The molecule has 6 heteroatoms. The fraction of sp³-hybridized carbons (Fsp3) is 0.176. The Bertz CT molecular complexity index is 875. The highest BCUT2D eigenvalue weighted by atomic mass is 35.5. The summed E-state index contributed by atoms with van der Waals surface area (Å²) in [7, 11) is 0. The van der Waals surface area contributed by atoms with Gasteiger partial charge in [-0.05, 0) is 43.2 Å². The van der Waals surface area contributed by atoms with E-state index in [1.807, 2.05) is 43.3 Å². The fourth-order valence-electron chi connectivity index (χ4n) is 2.35. The number of benzene rings is 1. The zero-order valence-corrected chi connectivity index (χ0v) is 14.2. The Kier molecular flexibility index (Phi) is 4.50. The number of halogens is 1. The molecule has 1 amide bonds. The van der Waals surface area contributed by atoms with Crippen LogP contribution in [0.3, 0.4) is 0 Å². The Morgan fingerprint density at radius 3 is 2.96 bits per heavy atom. The van der Waals surface area contributed by atoms with Gasteiger partial charge in [-0.15, -0.1) is 11.3 Å². The molecule has 0 aliphatic carbocycles. The van der Waals surface area contributed by atoms with E-state index in [9.17, 15) is 4.79 Å². The van der Waals surface area contributed by atoms with E-state index >= 15 is 0 Å². The van der Waals surface area contributed by atoms with Gasteiger partial charge in [-0.1, -0.05) is 23.7 Å². The molecule has 118 valence electrons. The van der Waals surface area contributed by atoms with Crippen molar-refractivity contribution in [2.75, 3.05) is 12.3 Å². The molecule has 0 aliphatic rings. The first-order valence-corrected chi connectivity index (χ1v) is 8.42. The maximum Gasteiger partial charge on any atom is 0.263 e. The van der Waals surface area contributed by atoms with E-state index < -0.39 is 0 Å². The van der Waals surface area contributed by atoms with E-state index in [-0.39, 0.29) is 5.91 Å². The van der Waals surface area contributed by atoms with Crippen molar-refractivity contribution in [3.63, 3.8) is 0 Å². The van der Waals surface area contributed by atoms with Crippen LogP contribution in [-0.2, 0) is 6.42 Å². The Balaban J connectivity index is 1.70. The average Bonchev–Trinajstić information content (AvgIpc) is 2.83. The van der Waals surface area contributed by atoms with Crippen LogP contribution in [-0.4, -0.2) is 17.4 Å². The summed E-state index contributed by atoms with van der Waals surface area (Å²) in [4.78, 5) is 18.1. The lowest BCUT2D eigenvalue weighted by Gasteiger charge is -2.05. The molecule has 23 heavy (non-hydrogen) atoms. The molecule has 4 nitrogen and oxygen atoms in total. The lowest BCUT2D eigenvalue weighted by Crippen LogP contribution is -2.25. The Hall–Kier alpha value is -2.11. The molecule has 0 spiro atoms. The van der Waals surface area contributed by atoms with Crippen molar-refractivity contribution in [3.05, 3.63) is 57.6 Å². The van der Waals surface area contributed by atoms with Crippen molar-refractivity contribution in [1.29, 1.82) is 0 Å². The number of nitrogens with two attached hydrogens (primary N) is 1. The second-order valence-corrected chi connectivity index (χ2v) is 6.72. The molecule has 0 saturated heterocycles. The summed E-state index contributed by atoms with van der Waals surface area (Å²) in [5, 5.41) is 4.44. The number of nitrogens with zero attached hydrogens (tertiary/aromatic N) is 1. The van der Waals surface area contributed by atoms with Gasteiger partial charge in [-0.25, -0.2) is 4.98 Å². The van der Waals surface area contributed by atoms with Crippen LogP contribution in [0.2, 0.25) is 5.02 Å². The van der Waals surface area contributed by atoms with Crippen molar-refractivity contribution < 1.29 is 4.79 Å². The van der Waals surface area contributed by atoms with E-state index in [1.165, 1.54) is 11.3 Å². The molecule has 1 aromatic carbocycles. The summed E-state index contributed by atoms with van der Waals surface area (Å²) in [5.74, 6) is -0.162. The summed E-state index contributed by atoms with van der Waals surface area (Å²) in [5.41, 5.74) is 8.57. The lowest BCUT2D eigenvalue weighted by atomic mass is 10.1. The van der Waals surface area contributed by atoms with E-state index in [2.05, 4.69) is 10.3 Å². The minimum absolute atomic E-state index is 0.162. The van der Waals surface area contributed by atoms with Crippen molar-refractivity contribution >= 4 is 44.7 Å². The standard InChI is InChI=1S/C17H16ClN3OS/c1-10-5-6-13-14(19)15(23-17(13)21-10)16(22)20-8-7-11-3-2-4-12(18)9-11/h2-6,9H,7-8,19H2,1H3,(H,20,22).